The number of benzene rings is 2. The van der Waals surface area contributed by atoms with Crippen LogP contribution in [0.3, 0.4) is 0 Å². The van der Waals surface area contributed by atoms with Gasteiger partial charge in [0.1, 0.15) is 23.0 Å². The molecule has 0 heterocycles. The van der Waals surface area contributed by atoms with Crippen molar-refractivity contribution in [2.45, 2.75) is 13.3 Å². The van der Waals surface area contributed by atoms with Crippen molar-refractivity contribution >= 4 is 11.9 Å². The molecule has 0 bridgehead atoms. The predicted octanol–water partition coefficient (Wildman–Crippen LogP) is 1.96. The summed E-state index contributed by atoms with van der Waals surface area (Å²) in [5.74, 6) is -3.14. The number of ether oxygens (including phenoxy) is 1. The molecule has 2 aromatic rings. The molecule has 23 heavy (non-hydrogen) atoms. The quantitative estimate of drug-likeness (QED) is 0.501. The Morgan fingerprint density at radius 1 is 1.04 bits per heavy atom. The molecule has 2 aromatic carbocycles. The van der Waals surface area contributed by atoms with Crippen molar-refractivity contribution in [3.63, 3.8) is 0 Å². The zero-order valence-corrected chi connectivity index (χ0v) is 12.1. The number of phenolic OH excluding ortho intramolecular Hbond substituents is 3. The maximum Gasteiger partial charge on any atom is 0.343 e. The average molecular weight is 318 g/mol. The fourth-order valence-corrected chi connectivity index (χ4v) is 1.98. The van der Waals surface area contributed by atoms with Crippen LogP contribution in [0.25, 0.3) is 0 Å². The highest BCUT2D eigenvalue weighted by Crippen LogP contribution is 2.34. The van der Waals surface area contributed by atoms with Crippen molar-refractivity contribution in [1.29, 1.82) is 0 Å². The standard InChI is InChI=1S/C16H14O7/c1-8-4-9(2-3-12(8)18)16(22)23-14-6-10(17)5-13(19)11(14)7-15(20)21/h2-6,17-19H,7H2,1H3,(H,20,21). The van der Waals surface area contributed by atoms with Crippen LogP contribution in [0.5, 0.6) is 23.0 Å². The van der Waals surface area contributed by atoms with E-state index in [4.69, 9.17) is 9.84 Å². The molecule has 0 saturated heterocycles. The van der Waals surface area contributed by atoms with Crippen LogP contribution in [0.1, 0.15) is 21.5 Å². The number of aromatic hydroxyl groups is 3. The molecule has 0 unspecified atom stereocenters. The molecule has 7 nitrogen and oxygen atoms in total. The lowest BCUT2D eigenvalue weighted by molar-refractivity contribution is -0.136. The van der Waals surface area contributed by atoms with E-state index in [1.165, 1.54) is 18.2 Å². The van der Waals surface area contributed by atoms with Crippen molar-refractivity contribution in [1.82, 2.24) is 0 Å². The van der Waals surface area contributed by atoms with Crippen LogP contribution in [0.15, 0.2) is 30.3 Å². The van der Waals surface area contributed by atoms with E-state index in [-0.39, 0.29) is 28.4 Å². The third-order valence-corrected chi connectivity index (χ3v) is 3.13. The van der Waals surface area contributed by atoms with Gasteiger partial charge in [0.15, 0.2) is 0 Å². The summed E-state index contributed by atoms with van der Waals surface area (Å²) >= 11 is 0. The lowest BCUT2D eigenvalue weighted by Gasteiger charge is -2.11. The van der Waals surface area contributed by atoms with Crippen molar-refractivity contribution in [3.05, 3.63) is 47.0 Å². The normalized spacial score (nSPS) is 10.3. The second kappa shape index (κ2) is 6.27. The molecule has 0 aromatic heterocycles. The van der Waals surface area contributed by atoms with Crippen LogP contribution in [-0.4, -0.2) is 32.4 Å². The molecule has 0 fully saturated rings. The summed E-state index contributed by atoms with van der Waals surface area (Å²) in [6, 6.07) is 6.06. The third-order valence-electron chi connectivity index (χ3n) is 3.13. The number of aryl methyl sites for hydroxylation is 1. The van der Waals surface area contributed by atoms with E-state index in [1.54, 1.807) is 6.92 Å². The number of carbonyl (C=O) groups excluding carboxylic acids is 1. The molecule has 7 heteroatoms. The maximum absolute atomic E-state index is 12.1. The first-order chi connectivity index (χ1) is 10.8. The molecule has 0 amide bonds. The second-order valence-corrected chi connectivity index (χ2v) is 4.90. The van der Waals surface area contributed by atoms with E-state index in [9.17, 15) is 24.9 Å². The summed E-state index contributed by atoms with van der Waals surface area (Å²) in [6.45, 7) is 1.60. The number of hydrogen-bond acceptors (Lipinski definition) is 6. The van der Waals surface area contributed by atoms with Crippen LogP contribution in [0, 0.1) is 6.92 Å². The Balaban J connectivity index is 2.36. The SMILES string of the molecule is Cc1cc(C(=O)Oc2cc(O)cc(O)c2CC(=O)O)ccc1O. The molecule has 0 aliphatic rings. The van der Waals surface area contributed by atoms with E-state index in [0.717, 1.165) is 12.1 Å². The first-order valence-electron chi connectivity index (χ1n) is 6.56. The lowest BCUT2D eigenvalue weighted by atomic mass is 10.1. The Morgan fingerprint density at radius 2 is 1.74 bits per heavy atom. The topological polar surface area (TPSA) is 124 Å². The second-order valence-electron chi connectivity index (χ2n) is 4.90. The summed E-state index contributed by atoms with van der Waals surface area (Å²) in [5, 5.41) is 37.5. The summed E-state index contributed by atoms with van der Waals surface area (Å²) in [5.41, 5.74) is 0.465. The fraction of sp³-hybridized carbons (Fsp3) is 0.125. The number of aliphatic carboxylic acids is 1. The predicted molar refractivity (Wildman–Crippen MR) is 78.9 cm³/mol. The average Bonchev–Trinajstić information content (AvgIpc) is 2.45. The van der Waals surface area contributed by atoms with Crippen molar-refractivity contribution in [2.24, 2.45) is 0 Å². The van der Waals surface area contributed by atoms with Crippen LogP contribution >= 0.6 is 0 Å². The van der Waals surface area contributed by atoms with Crippen LogP contribution in [-0.2, 0) is 11.2 Å². The van der Waals surface area contributed by atoms with E-state index in [1.807, 2.05) is 0 Å². The summed E-state index contributed by atoms with van der Waals surface area (Å²) < 4.78 is 5.09. The van der Waals surface area contributed by atoms with Crippen LogP contribution in [0.2, 0.25) is 0 Å². The van der Waals surface area contributed by atoms with Gasteiger partial charge >= 0.3 is 11.9 Å². The fourth-order valence-electron chi connectivity index (χ4n) is 1.98. The molecular formula is C16H14O7. The molecule has 0 radical (unpaired) electrons. The van der Waals surface area contributed by atoms with Gasteiger partial charge in [0.2, 0.25) is 0 Å². The van der Waals surface area contributed by atoms with E-state index in [2.05, 4.69) is 0 Å². The number of rotatable bonds is 4. The molecule has 0 atom stereocenters. The minimum atomic E-state index is -1.23. The van der Waals surface area contributed by atoms with Gasteiger partial charge in [-0.25, -0.2) is 4.79 Å². The number of carboxylic acid groups (broad SMARTS) is 1. The van der Waals surface area contributed by atoms with Gasteiger partial charge in [0, 0.05) is 17.7 Å². The Morgan fingerprint density at radius 3 is 2.35 bits per heavy atom. The first kappa shape index (κ1) is 16.2. The minimum Gasteiger partial charge on any atom is -0.508 e. The molecule has 0 aliphatic carbocycles. The molecule has 0 aliphatic heterocycles. The molecule has 120 valence electrons. The van der Waals surface area contributed by atoms with Crippen molar-refractivity contribution in [2.75, 3.05) is 0 Å². The number of carboxylic acids is 1. The van der Waals surface area contributed by atoms with Gasteiger partial charge in [-0.3, -0.25) is 4.79 Å². The largest absolute Gasteiger partial charge is 0.508 e. The molecular weight excluding hydrogens is 304 g/mol. The highest BCUT2D eigenvalue weighted by Gasteiger charge is 2.19. The summed E-state index contributed by atoms with van der Waals surface area (Å²) in [6.07, 6.45) is -0.580. The monoisotopic (exact) mass is 318 g/mol. The number of carbonyl (C=O) groups is 2. The third kappa shape index (κ3) is 3.70. The number of phenols is 3. The molecule has 2 rings (SSSR count). The smallest absolute Gasteiger partial charge is 0.343 e. The van der Waals surface area contributed by atoms with Gasteiger partial charge < -0.3 is 25.2 Å². The summed E-state index contributed by atoms with van der Waals surface area (Å²) in [7, 11) is 0. The highest BCUT2D eigenvalue weighted by molar-refractivity contribution is 5.92. The van der Waals surface area contributed by atoms with Crippen molar-refractivity contribution < 1.29 is 34.8 Å². The van der Waals surface area contributed by atoms with E-state index < -0.39 is 24.1 Å². The van der Waals surface area contributed by atoms with E-state index in [0.29, 0.717) is 5.56 Å². The number of hydrogen-bond donors (Lipinski definition) is 4. The van der Waals surface area contributed by atoms with Gasteiger partial charge in [-0.1, -0.05) is 0 Å². The van der Waals surface area contributed by atoms with Gasteiger partial charge in [-0.2, -0.15) is 0 Å². The maximum atomic E-state index is 12.1. The highest BCUT2D eigenvalue weighted by atomic mass is 16.5. The van der Waals surface area contributed by atoms with Crippen LogP contribution < -0.4 is 4.74 Å². The van der Waals surface area contributed by atoms with Gasteiger partial charge in [-0.05, 0) is 30.7 Å². The van der Waals surface area contributed by atoms with Gasteiger partial charge in [0.25, 0.3) is 0 Å². The van der Waals surface area contributed by atoms with Gasteiger partial charge in [-0.15, -0.1) is 0 Å². The van der Waals surface area contributed by atoms with Crippen LogP contribution in [0.4, 0.5) is 0 Å². The summed E-state index contributed by atoms with van der Waals surface area (Å²) in [4.78, 5) is 23.0. The van der Waals surface area contributed by atoms with Crippen molar-refractivity contribution in [3.8, 4) is 23.0 Å². The lowest BCUT2D eigenvalue weighted by Crippen LogP contribution is -2.11. The Labute approximate surface area is 131 Å². The zero-order valence-electron chi connectivity index (χ0n) is 12.1. The number of esters is 1. The van der Waals surface area contributed by atoms with E-state index >= 15 is 0 Å². The molecule has 0 saturated carbocycles. The molecule has 0 spiro atoms. The Hall–Kier alpha value is -3.22. The first-order valence-corrected chi connectivity index (χ1v) is 6.56. The zero-order chi connectivity index (χ0) is 17.1. The Kier molecular flexibility index (Phi) is 4.40. The Bertz CT molecular complexity index is 780. The molecule has 4 N–H and O–H groups in total. The minimum absolute atomic E-state index is 0.0168. The van der Waals surface area contributed by atoms with Gasteiger partial charge in [0.05, 0.1) is 12.0 Å².